The zero-order valence-electron chi connectivity index (χ0n) is 11.9. The number of carbonyl (C=O) groups excluding carboxylic acids is 1. The summed E-state index contributed by atoms with van der Waals surface area (Å²) in [5.41, 5.74) is -1.18. The van der Waals surface area contributed by atoms with E-state index in [2.05, 4.69) is 19.2 Å². The quantitative estimate of drug-likeness (QED) is 0.808. The lowest BCUT2D eigenvalue weighted by molar-refractivity contribution is -0.160. The molecule has 1 rings (SSSR count). The fourth-order valence-corrected chi connectivity index (χ4v) is 2.97. The van der Waals surface area contributed by atoms with Gasteiger partial charge >= 0.3 is 12.1 Å². The highest BCUT2D eigenvalue weighted by atomic mass is 19.4. The van der Waals surface area contributed by atoms with Crippen LogP contribution in [-0.2, 0) is 9.53 Å². The Morgan fingerprint density at radius 3 is 2.37 bits per heavy atom. The average molecular weight is 281 g/mol. The van der Waals surface area contributed by atoms with Gasteiger partial charge in [-0.1, -0.05) is 20.8 Å². The van der Waals surface area contributed by atoms with E-state index in [-0.39, 0.29) is 11.3 Å². The smallest absolute Gasteiger partial charge is 0.401 e. The normalized spacial score (nSPS) is 31.0. The molecule has 0 heterocycles. The molecule has 0 aliphatic heterocycles. The molecule has 1 aliphatic rings. The Balaban J connectivity index is 2.92. The number of hydrogen-bond donors (Lipinski definition) is 1. The molecule has 2 unspecified atom stereocenters. The van der Waals surface area contributed by atoms with Gasteiger partial charge in [0.15, 0.2) is 0 Å². The molecule has 1 saturated carbocycles. The monoisotopic (exact) mass is 281 g/mol. The number of methoxy groups -OCH3 is 1. The van der Waals surface area contributed by atoms with Crippen LogP contribution in [0.25, 0.3) is 0 Å². The molecule has 6 heteroatoms. The first-order chi connectivity index (χ1) is 8.52. The highest BCUT2D eigenvalue weighted by Gasteiger charge is 2.51. The van der Waals surface area contributed by atoms with Gasteiger partial charge in [-0.2, -0.15) is 13.2 Å². The third-order valence-corrected chi connectivity index (χ3v) is 4.05. The molecular formula is C13H22F3NO2. The van der Waals surface area contributed by atoms with Crippen molar-refractivity contribution in [2.24, 2.45) is 11.3 Å². The molecule has 19 heavy (non-hydrogen) atoms. The van der Waals surface area contributed by atoms with Crippen molar-refractivity contribution in [3.63, 3.8) is 0 Å². The van der Waals surface area contributed by atoms with Gasteiger partial charge in [-0.25, -0.2) is 0 Å². The van der Waals surface area contributed by atoms with Gasteiger partial charge in [-0.3, -0.25) is 10.1 Å². The van der Waals surface area contributed by atoms with Crippen molar-refractivity contribution in [1.29, 1.82) is 0 Å². The molecule has 0 aromatic heterocycles. The van der Waals surface area contributed by atoms with E-state index in [1.165, 1.54) is 7.11 Å². The maximum Gasteiger partial charge on any atom is 0.401 e. The van der Waals surface area contributed by atoms with Crippen LogP contribution in [0.4, 0.5) is 13.2 Å². The van der Waals surface area contributed by atoms with Gasteiger partial charge in [-0.05, 0) is 30.6 Å². The van der Waals surface area contributed by atoms with Crippen molar-refractivity contribution in [3.8, 4) is 0 Å². The fraction of sp³-hybridized carbons (Fsp3) is 0.923. The van der Waals surface area contributed by atoms with Crippen LogP contribution in [-0.4, -0.2) is 31.3 Å². The van der Waals surface area contributed by atoms with Crippen molar-refractivity contribution in [2.45, 2.75) is 51.7 Å². The first-order valence-corrected chi connectivity index (χ1v) is 6.43. The topological polar surface area (TPSA) is 38.3 Å². The number of halogens is 3. The molecule has 0 radical (unpaired) electrons. The number of ether oxygens (including phenoxy) is 1. The maximum atomic E-state index is 12.4. The van der Waals surface area contributed by atoms with Gasteiger partial charge in [0, 0.05) is 0 Å². The molecule has 3 nitrogen and oxygen atoms in total. The molecule has 1 N–H and O–H groups in total. The van der Waals surface area contributed by atoms with Crippen LogP contribution in [0.3, 0.4) is 0 Å². The van der Waals surface area contributed by atoms with Crippen LogP contribution in [0.2, 0.25) is 0 Å². The molecule has 0 spiro atoms. The second kappa shape index (κ2) is 5.31. The molecule has 0 aromatic rings. The van der Waals surface area contributed by atoms with Gasteiger partial charge < -0.3 is 4.74 Å². The highest BCUT2D eigenvalue weighted by Crippen LogP contribution is 2.44. The molecule has 2 atom stereocenters. The lowest BCUT2D eigenvalue weighted by atomic mass is 9.63. The Bertz CT molecular complexity index is 341. The van der Waals surface area contributed by atoms with Crippen molar-refractivity contribution in [3.05, 3.63) is 0 Å². The Labute approximate surface area is 111 Å². The van der Waals surface area contributed by atoms with Crippen LogP contribution >= 0.6 is 0 Å². The van der Waals surface area contributed by atoms with Gasteiger partial charge in [0.05, 0.1) is 13.7 Å². The summed E-state index contributed by atoms with van der Waals surface area (Å²) in [6.45, 7) is 4.76. The SMILES string of the molecule is COC(=O)C1(NCC(F)(F)F)CCC(C)(C)CC1C. The predicted octanol–water partition coefficient (Wildman–Crippen LogP) is 2.90. The van der Waals surface area contributed by atoms with Gasteiger partial charge in [0.1, 0.15) is 5.54 Å². The summed E-state index contributed by atoms with van der Waals surface area (Å²) in [7, 11) is 1.21. The van der Waals surface area contributed by atoms with E-state index in [4.69, 9.17) is 4.74 Å². The number of esters is 1. The Kier molecular flexibility index (Phi) is 4.55. The fourth-order valence-electron chi connectivity index (χ4n) is 2.97. The van der Waals surface area contributed by atoms with Crippen LogP contribution in [0, 0.1) is 11.3 Å². The average Bonchev–Trinajstić information content (AvgIpc) is 2.25. The van der Waals surface area contributed by atoms with E-state index >= 15 is 0 Å². The van der Waals surface area contributed by atoms with Crippen LogP contribution < -0.4 is 5.32 Å². The summed E-state index contributed by atoms with van der Waals surface area (Å²) >= 11 is 0. The summed E-state index contributed by atoms with van der Waals surface area (Å²) in [6, 6.07) is 0. The molecule has 0 saturated heterocycles. The van der Waals surface area contributed by atoms with E-state index < -0.39 is 24.2 Å². The molecule has 0 aromatic carbocycles. The van der Waals surface area contributed by atoms with Crippen molar-refractivity contribution in [2.75, 3.05) is 13.7 Å². The minimum Gasteiger partial charge on any atom is -0.468 e. The lowest BCUT2D eigenvalue weighted by Gasteiger charge is -2.46. The number of carbonyl (C=O) groups is 1. The first-order valence-electron chi connectivity index (χ1n) is 6.43. The van der Waals surface area contributed by atoms with Crippen LogP contribution in [0.15, 0.2) is 0 Å². The summed E-state index contributed by atoms with van der Waals surface area (Å²) in [5, 5.41) is 2.41. The van der Waals surface area contributed by atoms with Crippen LogP contribution in [0.5, 0.6) is 0 Å². The number of rotatable bonds is 3. The van der Waals surface area contributed by atoms with E-state index in [1.807, 2.05) is 0 Å². The highest BCUT2D eigenvalue weighted by molar-refractivity contribution is 5.81. The molecule has 112 valence electrons. The third-order valence-electron chi connectivity index (χ3n) is 4.05. The number of hydrogen-bond acceptors (Lipinski definition) is 3. The van der Waals surface area contributed by atoms with Gasteiger partial charge in [0.25, 0.3) is 0 Å². The number of nitrogens with one attached hydrogen (secondary N) is 1. The molecule has 0 amide bonds. The maximum absolute atomic E-state index is 12.4. The Morgan fingerprint density at radius 1 is 1.37 bits per heavy atom. The standard InChI is InChI=1S/C13H22F3NO2/c1-9-7-11(2,3)5-6-12(9,10(18)19-4)17-8-13(14,15)16/h9,17H,5-8H2,1-4H3. The largest absolute Gasteiger partial charge is 0.468 e. The molecular weight excluding hydrogens is 259 g/mol. The Morgan fingerprint density at radius 2 is 1.95 bits per heavy atom. The molecule has 1 fully saturated rings. The summed E-state index contributed by atoms with van der Waals surface area (Å²) in [4.78, 5) is 12.0. The van der Waals surface area contributed by atoms with E-state index in [0.717, 1.165) is 0 Å². The van der Waals surface area contributed by atoms with E-state index in [1.54, 1.807) is 6.92 Å². The molecule has 0 bridgehead atoms. The van der Waals surface area contributed by atoms with Gasteiger partial charge in [-0.15, -0.1) is 0 Å². The van der Waals surface area contributed by atoms with E-state index in [0.29, 0.717) is 19.3 Å². The zero-order valence-corrected chi connectivity index (χ0v) is 11.9. The van der Waals surface area contributed by atoms with Crippen LogP contribution in [0.1, 0.15) is 40.0 Å². The van der Waals surface area contributed by atoms with Gasteiger partial charge in [0.2, 0.25) is 0 Å². The first kappa shape index (κ1) is 16.3. The third kappa shape index (κ3) is 3.84. The predicted molar refractivity (Wildman–Crippen MR) is 65.6 cm³/mol. The lowest BCUT2D eigenvalue weighted by Crippen LogP contribution is -2.62. The Hall–Kier alpha value is -0.780. The number of alkyl halides is 3. The zero-order chi connectivity index (χ0) is 14.9. The van der Waals surface area contributed by atoms with Crippen molar-refractivity contribution < 1.29 is 22.7 Å². The van der Waals surface area contributed by atoms with E-state index in [9.17, 15) is 18.0 Å². The molecule has 1 aliphatic carbocycles. The van der Waals surface area contributed by atoms with Crippen molar-refractivity contribution >= 4 is 5.97 Å². The van der Waals surface area contributed by atoms with Crippen molar-refractivity contribution in [1.82, 2.24) is 5.32 Å². The summed E-state index contributed by atoms with van der Waals surface area (Å²) < 4.78 is 42.0. The minimum atomic E-state index is -4.34. The second-order valence-corrected chi connectivity index (χ2v) is 6.20. The second-order valence-electron chi connectivity index (χ2n) is 6.20. The summed E-state index contributed by atoms with van der Waals surface area (Å²) in [6.07, 6.45) is -2.60. The minimum absolute atomic E-state index is 0.0385. The summed E-state index contributed by atoms with van der Waals surface area (Å²) in [5.74, 6) is -0.800.